The van der Waals surface area contributed by atoms with Crippen molar-refractivity contribution in [2.24, 2.45) is 5.92 Å². The molecule has 148 valence electrons. The molecule has 2 atom stereocenters. The van der Waals surface area contributed by atoms with Crippen molar-refractivity contribution in [3.63, 3.8) is 0 Å². The van der Waals surface area contributed by atoms with Crippen LogP contribution < -0.4 is 5.32 Å². The highest BCUT2D eigenvalue weighted by Gasteiger charge is 2.53. The van der Waals surface area contributed by atoms with Crippen molar-refractivity contribution in [2.75, 3.05) is 13.1 Å². The van der Waals surface area contributed by atoms with Gasteiger partial charge >= 0.3 is 0 Å². The monoisotopic (exact) mass is 391 g/mol. The topological polar surface area (TPSA) is 52.7 Å². The summed E-state index contributed by atoms with van der Waals surface area (Å²) >= 11 is 6.20. The van der Waals surface area contributed by atoms with E-state index in [4.69, 9.17) is 11.6 Å². The molecule has 1 aromatic rings. The van der Waals surface area contributed by atoms with Gasteiger partial charge < -0.3 is 9.80 Å². The number of hydrogen-bond donors (Lipinski definition) is 1. The Balaban J connectivity index is 1.78. The molecule has 2 aliphatic rings. The van der Waals surface area contributed by atoms with E-state index < -0.39 is 0 Å². The fourth-order valence-corrected chi connectivity index (χ4v) is 4.54. The third-order valence-electron chi connectivity index (χ3n) is 6.07. The molecule has 6 heteroatoms. The van der Waals surface area contributed by atoms with Crippen LogP contribution in [0.2, 0.25) is 5.02 Å². The van der Waals surface area contributed by atoms with E-state index >= 15 is 0 Å². The number of amides is 2. The van der Waals surface area contributed by atoms with E-state index in [0.29, 0.717) is 23.7 Å². The zero-order chi connectivity index (χ0) is 19.8. The first-order valence-electron chi connectivity index (χ1n) is 9.95. The van der Waals surface area contributed by atoms with Gasteiger partial charge in [0.15, 0.2) is 0 Å². The number of carbonyl (C=O) groups excluding carboxylic acids is 2. The number of likely N-dealkylation sites (tertiary alicyclic amines) is 1. The zero-order valence-corrected chi connectivity index (χ0v) is 17.4. The second-order valence-electron chi connectivity index (χ2n) is 8.14. The van der Waals surface area contributed by atoms with Gasteiger partial charge in [-0.3, -0.25) is 14.9 Å². The molecule has 27 heavy (non-hydrogen) atoms. The zero-order valence-electron chi connectivity index (χ0n) is 16.7. The molecule has 0 radical (unpaired) electrons. The number of halogens is 1. The molecule has 2 amide bonds. The highest BCUT2D eigenvalue weighted by atomic mass is 35.5. The third-order valence-corrected chi connectivity index (χ3v) is 6.40. The fraction of sp³-hybridized carbons (Fsp3) is 0.619. The molecule has 2 aliphatic heterocycles. The second-order valence-corrected chi connectivity index (χ2v) is 8.54. The largest absolute Gasteiger partial charge is 0.338 e. The average molecular weight is 392 g/mol. The van der Waals surface area contributed by atoms with Gasteiger partial charge in [-0.15, -0.1) is 0 Å². The van der Waals surface area contributed by atoms with E-state index in [1.165, 1.54) is 0 Å². The minimum absolute atomic E-state index is 0.0322. The molecular weight excluding hydrogens is 362 g/mol. The smallest absolute Gasteiger partial charge is 0.255 e. The van der Waals surface area contributed by atoms with E-state index in [2.05, 4.69) is 37.9 Å². The number of nitrogens with zero attached hydrogens (tertiary/aromatic N) is 2. The lowest BCUT2D eigenvalue weighted by atomic mass is 9.93. The molecule has 2 fully saturated rings. The number of carbonyl (C=O) groups is 2. The molecule has 0 saturated carbocycles. The van der Waals surface area contributed by atoms with Crippen LogP contribution in [0.1, 0.15) is 57.3 Å². The molecule has 0 aromatic heterocycles. The van der Waals surface area contributed by atoms with Gasteiger partial charge in [0.1, 0.15) is 0 Å². The maximum absolute atomic E-state index is 13.1. The summed E-state index contributed by atoms with van der Waals surface area (Å²) in [4.78, 5) is 29.9. The molecule has 0 aliphatic carbocycles. The van der Waals surface area contributed by atoms with Gasteiger partial charge in [-0.1, -0.05) is 44.5 Å². The summed E-state index contributed by atoms with van der Waals surface area (Å²) in [5.41, 5.74) is 0.197. The van der Waals surface area contributed by atoms with Crippen molar-refractivity contribution in [3.05, 3.63) is 34.9 Å². The first kappa shape index (κ1) is 20.2. The van der Waals surface area contributed by atoms with Crippen LogP contribution >= 0.6 is 11.6 Å². The lowest BCUT2D eigenvalue weighted by Crippen LogP contribution is -2.61. The molecular formula is C21H30ClN3O2. The Hall–Kier alpha value is -1.59. The Morgan fingerprint density at radius 3 is 2.44 bits per heavy atom. The predicted octanol–water partition coefficient (Wildman–Crippen LogP) is 3.53. The van der Waals surface area contributed by atoms with Crippen LogP contribution in [0.25, 0.3) is 0 Å². The van der Waals surface area contributed by atoms with Crippen molar-refractivity contribution in [3.8, 4) is 0 Å². The van der Waals surface area contributed by atoms with Gasteiger partial charge in [0.25, 0.3) is 5.91 Å². The van der Waals surface area contributed by atoms with E-state index in [1.807, 2.05) is 17.0 Å². The summed E-state index contributed by atoms with van der Waals surface area (Å²) in [5.74, 6) is 0.409. The fourth-order valence-electron chi connectivity index (χ4n) is 4.32. The van der Waals surface area contributed by atoms with Gasteiger partial charge in [-0.2, -0.15) is 0 Å². The number of piperidine rings is 1. The Bertz CT molecular complexity index is 713. The summed E-state index contributed by atoms with van der Waals surface area (Å²) in [6.07, 6.45) is 2.40. The summed E-state index contributed by atoms with van der Waals surface area (Å²) in [7, 11) is 0. The van der Waals surface area contributed by atoms with Gasteiger partial charge in [0.05, 0.1) is 22.3 Å². The molecule has 0 bridgehead atoms. The van der Waals surface area contributed by atoms with Crippen molar-refractivity contribution < 1.29 is 9.59 Å². The van der Waals surface area contributed by atoms with Crippen LogP contribution in [-0.4, -0.2) is 52.5 Å². The maximum atomic E-state index is 13.1. The third kappa shape index (κ3) is 3.59. The van der Waals surface area contributed by atoms with Crippen LogP contribution in [0.15, 0.2) is 24.3 Å². The quantitative estimate of drug-likeness (QED) is 0.854. The Labute approximate surface area is 167 Å². The Morgan fingerprint density at radius 1 is 1.26 bits per heavy atom. The molecule has 5 nitrogen and oxygen atoms in total. The molecule has 3 rings (SSSR count). The van der Waals surface area contributed by atoms with Crippen LogP contribution in [-0.2, 0) is 4.79 Å². The molecule has 1 N–H and O–H groups in total. The number of rotatable bonds is 4. The maximum Gasteiger partial charge on any atom is 0.255 e. The average Bonchev–Trinajstić information content (AvgIpc) is 2.94. The van der Waals surface area contributed by atoms with Crippen molar-refractivity contribution in [2.45, 2.75) is 64.7 Å². The van der Waals surface area contributed by atoms with E-state index in [0.717, 1.165) is 19.3 Å². The molecule has 2 saturated heterocycles. The lowest BCUT2D eigenvalue weighted by molar-refractivity contribution is -0.136. The van der Waals surface area contributed by atoms with E-state index in [-0.39, 0.29) is 35.5 Å². The Kier molecular flexibility index (Phi) is 5.82. The van der Waals surface area contributed by atoms with Gasteiger partial charge in [0, 0.05) is 32.0 Å². The lowest BCUT2D eigenvalue weighted by Gasteiger charge is -2.46. The van der Waals surface area contributed by atoms with E-state index in [9.17, 15) is 9.59 Å². The highest BCUT2D eigenvalue weighted by Crippen LogP contribution is 2.37. The van der Waals surface area contributed by atoms with Gasteiger partial charge in [0.2, 0.25) is 5.91 Å². The Morgan fingerprint density at radius 2 is 1.89 bits per heavy atom. The summed E-state index contributed by atoms with van der Waals surface area (Å²) in [5, 5.41) is 4.13. The van der Waals surface area contributed by atoms with Crippen LogP contribution in [0.3, 0.4) is 0 Å². The molecule has 1 spiro atoms. The predicted molar refractivity (Wildman–Crippen MR) is 108 cm³/mol. The van der Waals surface area contributed by atoms with Crippen LogP contribution in [0.5, 0.6) is 0 Å². The van der Waals surface area contributed by atoms with Crippen LogP contribution in [0.4, 0.5) is 0 Å². The van der Waals surface area contributed by atoms with Crippen molar-refractivity contribution >= 4 is 23.4 Å². The molecule has 2 heterocycles. The van der Waals surface area contributed by atoms with Gasteiger partial charge in [-0.05, 0) is 31.4 Å². The molecule has 0 unspecified atom stereocenters. The second kappa shape index (κ2) is 7.80. The first-order chi connectivity index (χ1) is 12.8. The summed E-state index contributed by atoms with van der Waals surface area (Å²) < 4.78 is 0. The standard InChI is InChI=1S/C21H30ClN3O2/c1-5-15(4)25-20(27)18(14(2)3)23-21(25)10-12-24(13-11-21)19(26)16-8-6-7-9-17(16)22/h6-9,14-15,18,23H,5,10-13H2,1-4H3/t15-,18-/m0/s1. The minimum Gasteiger partial charge on any atom is -0.338 e. The minimum atomic E-state index is -0.349. The number of benzene rings is 1. The molecule has 1 aromatic carbocycles. The van der Waals surface area contributed by atoms with Crippen molar-refractivity contribution in [1.29, 1.82) is 0 Å². The SMILES string of the molecule is CC[C@H](C)N1C(=O)[C@H](C(C)C)NC12CCN(C(=O)c1ccccc1Cl)CC2. The number of nitrogens with one attached hydrogen (secondary N) is 1. The number of hydrogen-bond acceptors (Lipinski definition) is 3. The first-order valence-corrected chi connectivity index (χ1v) is 10.3. The normalized spacial score (nSPS) is 23.3. The van der Waals surface area contributed by atoms with Crippen molar-refractivity contribution in [1.82, 2.24) is 15.1 Å². The summed E-state index contributed by atoms with van der Waals surface area (Å²) in [6.45, 7) is 9.62. The summed E-state index contributed by atoms with van der Waals surface area (Å²) in [6, 6.07) is 7.21. The van der Waals surface area contributed by atoms with Crippen LogP contribution in [0, 0.1) is 5.92 Å². The van der Waals surface area contributed by atoms with Gasteiger partial charge in [-0.25, -0.2) is 0 Å². The van der Waals surface area contributed by atoms with E-state index in [1.54, 1.807) is 12.1 Å². The highest BCUT2D eigenvalue weighted by molar-refractivity contribution is 6.33.